The highest BCUT2D eigenvalue weighted by Gasteiger charge is 2.22. The maximum absolute atomic E-state index is 12.4. The number of aryl methyl sites for hydroxylation is 1. The molecule has 1 amide bonds. The quantitative estimate of drug-likeness (QED) is 0.214. The van der Waals surface area contributed by atoms with Gasteiger partial charge in [0, 0.05) is 9.75 Å². The van der Waals surface area contributed by atoms with E-state index in [4.69, 9.17) is 5.84 Å². The van der Waals surface area contributed by atoms with Gasteiger partial charge in [0.15, 0.2) is 0 Å². The van der Waals surface area contributed by atoms with Crippen LogP contribution < -0.4 is 16.6 Å². The van der Waals surface area contributed by atoms with Crippen LogP contribution in [0.15, 0.2) is 27.8 Å². The van der Waals surface area contributed by atoms with Crippen molar-refractivity contribution in [2.24, 2.45) is 5.10 Å². The molecule has 0 bridgehead atoms. The van der Waals surface area contributed by atoms with Crippen LogP contribution >= 0.6 is 34.4 Å². The highest BCUT2D eigenvalue weighted by molar-refractivity contribution is 7.99. The number of nitrogens with two attached hydrogens (primary N) is 1. The molecule has 9 nitrogen and oxygen atoms in total. The number of hydrogen-bond acceptors (Lipinski definition) is 10. The zero-order chi connectivity index (χ0) is 20.9. The number of carbonyl (C=O) groups excluding carboxylic acids is 1. The smallest absolute Gasteiger partial charge is 0.264 e. The minimum absolute atomic E-state index is 0.0984. The first-order valence-corrected chi connectivity index (χ1v) is 11.8. The number of nitrogen functional groups attached to an aromatic ring is 1. The van der Waals surface area contributed by atoms with Gasteiger partial charge in [0.25, 0.3) is 5.95 Å². The lowest BCUT2D eigenvalue weighted by Crippen LogP contribution is -2.16. The summed E-state index contributed by atoms with van der Waals surface area (Å²) in [5.74, 6) is 6.12. The van der Waals surface area contributed by atoms with Crippen LogP contribution in [-0.4, -0.2) is 32.7 Å². The average molecular weight is 459 g/mol. The van der Waals surface area contributed by atoms with Crippen molar-refractivity contribution in [1.82, 2.24) is 14.9 Å². The topological polar surface area (TPSA) is 134 Å². The summed E-state index contributed by atoms with van der Waals surface area (Å²) in [6, 6.07) is 6.11. The number of anilines is 2. The molecule has 0 unspecified atom stereocenters. The number of hydrazone groups is 1. The minimum Gasteiger partial charge on any atom is -0.334 e. The zero-order valence-electron chi connectivity index (χ0n) is 15.8. The molecule has 4 rings (SSSR count). The van der Waals surface area contributed by atoms with Gasteiger partial charge in [0.05, 0.1) is 17.5 Å². The third kappa shape index (κ3) is 4.48. The van der Waals surface area contributed by atoms with Crippen molar-refractivity contribution in [3.63, 3.8) is 0 Å². The predicted molar refractivity (Wildman–Crippen MR) is 121 cm³/mol. The maximum Gasteiger partial charge on any atom is 0.264 e. The number of hydrogen-bond donors (Lipinski definition) is 3. The fourth-order valence-corrected chi connectivity index (χ4v) is 5.53. The van der Waals surface area contributed by atoms with Crippen LogP contribution in [-0.2, 0) is 17.6 Å². The number of rotatable bonds is 7. The first-order valence-electron chi connectivity index (χ1n) is 9.16. The van der Waals surface area contributed by atoms with E-state index in [-0.39, 0.29) is 17.6 Å². The van der Waals surface area contributed by atoms with Gasteiger partial charge >= 0.3 is 0 Å². The standard InChI is InChI=1S/C18H18N8OS3/c19-8-13-12-5-1-2-6-14(12)30-16(13)22-15(27)10-29-18-25-24-17(26(18)20)23-21-9-11-4-3-7-28-11/h3-4,7,9H,1-2,5-6,10,20H2,(H,22,27)(H,23,24)/b21-9+. The van der Waals surface area contributed by atoms with Gasteiger partial charge in [0.2, 0.25) is 11.1 Å². The Morgan fingerprint density at radius 2 is 2.30 bits per heavy atom. The summed E-state index contributed by atoms with van der Waals surface area (Å²) in [5.41, 5.74) is 4.43. The number of nitriles is 1. The van der Waals surface area contributed by atoms with Crippen molar-refractivity contribution in [3.8, 4) is 6.07 Å². The Labute approximate surface area is 185 Å². The van der Waals surface area contributed by atoms with Crippen molar-refractivity contribution in [3.05, 3.63) is 38.4 Å². The molecular weight excluding hydrogens is 440 g/mol. The summed E-state index contributed by atoms with van der Waals surface area (Å²) < 4.78 is 1.24. The van der Waals surface area contributed by atoms with Crippen molar-refractivity contribution in [2.45, 2.75) is 30.8 Å². The SMILES string of the molecule is N#Cc1c(NC(=O)CSc2nnc(N/N=C/c3cccs3)n2N)sc2c1CCCC2. The summed E-state index contributed by atoms with van der Waals surface area (Å²) in [6.45, 7) is 0. The molecule has 0 spiro atoms. The van der Waals surface area contributed by atoms with Gasteiger partial charge in [0.1, 0.15) is 11.1 Å². The molecule has 1 aliphatic rings. The summed E-state index contributed by atoms with van der Waals surface area (Å²) in [4.78, 5) is 14.6. The second kappa shape index (κ2) is 9.29. The van der Waals surface area contributed by atoms with Crippen molar-refractivity contribution in [2.75, 3.05) is 22.3 Å². The lowest BCUT2D eigenvalue weighted by Gasteiger charge is -2.09. The molecule has 0 aromatic carbocycles. The third-order valence-corrected chi connectivity index (χ3v) is 7.39. The van der Waals surface area contributed by atoms with E-state index < -0.39 is 0 Å². The van der Waals surface area contributed by atoms with Gasteiger partial charge in [-0.05, 0) is 42.7 Å². The molecule has 3 aromatic rings. The molecule has 0 fully saturated rings. The third-order valence-electron chi connectivity index (χ3n) is 4.43. The van der Waals surface area contributed by atoms with Gasteiger partial charge in [-0.3, -0.25) is 4.79 Å². The number of thiophene rings is 2. The summed E-state index contributed by atoms with van der Waals surface area (Å²) in [6.07, 6.45) is 5.75. The molecule has 0 aliphatic heterocycles. The second-order valence-corrected chi connectivity index (χ2v) is 9.45. The normalized spacial score (nSPS) is 13.2. The highest BCUT2D eigenvalue weighted by atomic mass is 32.2. The number of carbonyl (C=O) groups is 1. The molecule has 154 valence electrons. The predicted octanol–water partition coefficient (Wildman–Crippen LogP) is 3.04. The second-order valence-electron chi connectivity index (χ2n) is 6.43. The van der Waals surface area contributed by atoms with Crippen molar-refractivity contribution in [1.29, 1.82) is 5.26 Å². The van der Waals surface area contributed by atoms with Crippen molar-refractivity contribution < 1.29 is 4.79 Å². The number of amides is 1. The molecule has 0 radical (unpaired) electrons. The molecule has 0 atom stereocenters. The summed E-state index contributed by atoms with van der Waals surface area (Å²) in [5, 5.41) is 27.3. The molecule has 12 heteroatoms. The molecule has 30 heavy (non-hydrogen) atoms. The first-order chi connectivity index (χ1) is 14.7. The lowest BCUT2D eigenvalue weighted by molar-refractivity contribution is -0.113. The molecule has 3 heterocycles. The number of nitrogens with zero attached hydrogens (tertiary/aromatic N) is 5. The van der Waals surface area contributed by atoms with Crippen LogP contribution in [0, 0.1) is 11.3 Å². The van der Waals surface area contributed by atoms with Gasteiger partial charge in [-0.2, -0.15) is 10.4 Å². The van der Waals surface area contributed by atoms with E-state index in [0.29, 0.717) is 15.7 Å². The van der Waals surface area contributed by atoms with Gasteiger partial charge in [-0.1, -0.05) is 17.8 Å². The van der Waals surface area contributed by atoms with Crippen LogP contribution in [0.2, 0.25) is 0 Å². The first kappa shape index (κ1) is 20.4. The number of nitrogens with one attached hydrogen (secondary N) is 2. The zero-order valence-corrected chi connectivity index (χ0v) is 18.2. The summed E-state index contributed by atoms with van der Waals surface area (Å²) in [7, 11) is 0. The van der Waals surface area contributed by atoms with Crippen molar-refractivity contribution >= 4 is 57.5 Å². The Bertz CT molecular complexity index is 1110. The lowest BCUT2D eigenvalue weighted by atomic mass is 9.96. The van der Waals surface area contributed by atoms with Crippen LogP contribution in [0.1, 0.15) is 33.7 Å². The molecule has 0 saturated carbocycles. The van der Waals surface area contributed by atoms with Gasteiger partial charge in [-0.15, -0.1) is 32.9 Å². The molecule has 3 aromatic heterocycles. The highest BCUT2D eigenvalue weighted by Crippen LogP contribution is 2.37. The van der Waals surface area contributed by atoms with E-state index in [1.165, 1.54) is 20.9 Å². The number of fused-ring (bicyclic) bond motifs is 1. The Kier molecular flexibility index (Phi) is 6.32. The fourth-order valence-electron chi connectivity index (χ4n) is 3.04. The molecule has 4 N–H and O–H groups in total. The van der Waals surface area contributed by atoms with Crippen LogP contribution in [0.25, 0.3) is 0 Å². The van der Waals surface area contributed by atoms with Crippen LogP contribution in [0.4, 0.5) is 10.9 Å². The minimum atomic E-state index is -0.219. The Balaban J connectivity index is 1.34. The molecule has 1 aliphatic carbocycles. The summed E-state index contributed by atoms with van der Waals surface area (Å²) >= 11 is 4.22. The van der Waals surface area contributed by atoms with Gasteiger partial charge in [-0.25, -0.2) is 10.1 Å². The Hall–Kier alpha value is -2.88. The van der Waals surface area contributed by atoms with Crippen LogP contribution in [0.5, 0.6) is 0 Å². The monoisotopic (exact) mass is 458 g/mol. The van der Waals surface area contributed by atoms with E-state index in [2.05, 4.69) is 32.1 Å². The fraction of sp³-hybridized carbons (Fsp3) is 0.278. The largest absolute Gasteiger partial charge is 0.334 e. The van der Waals surface area contributed by atoms with E-state index >= 15 is 0 Å². The molecular formula is C18H18N8OS3. The Morgan fingerprint density at radius 3 is 3.10 bits per heavy atom. The van der Waals surface area contributed by atoms with Crippen LogP contribution in [0.3, 0.4) is 0 Å². The molecule has 0 saturated heterocycles. The maximum atomic E-state index is 12.4. The van der Waals surface area contributed by atoms with Gasteiger partial charge < -0.3 is 11.2 Å². The number of aromatic nitrogens is 3. The van der Waals surface area contributed by atoms with E-state index in [9.17, 15) is 10.1 Å². The van der Waals surface area contributed by atoms with E-state index in [0.717, 1.165) is 47.9 Å². The Morgan fingerprint density at radius 1 is 1.43 bits per heavy atom. The van der Waals surface area contributed by atoms with E-state index in [1.54, 1.807) is 17.6 Å². The average Bonchev–Trinajstić information content (AvgIpc) is 3.46. The van der Waals surface area contributed by atoms with E-state index in [1.807, 2.05) is 17.5 Å². The number of thioether (sulfide) groups is 1.